The second-order valence-corrected chi connectivity index (χ2v) is 3.29. The molecule has 1 atom stereocenters. The molecule has 0 heterocycles. The SMILES string of the molecule is CCCC(N)c1c(F)cc(N)cc1F. The summed E-state index contributed by atoms with van der Waals surface area (Å²) in [4.78, 5) is 0. The van der Waals surface area contributed by atoms with Gasteiger partial charge in [-0.05, 0) is 18.6 Å². The Morgan fingerprint density at radius 1 is 1.29 bits per heavy atom. The van der Waals surface area contributed by atoms with Gasteiger partial charge in [0.05, 0.1) is 0 Å². The number of anilines is 1. The number of halogens is 2. The van der Waals surface area contributed by atoms with Crippen molar-refractivity contribution in [1.29, 1.82) is 0 Å². The van der Waals surface area contributed by atoms with Gasteiger partial charge >= 0.3 is 0 Å². The van der Waals surface area contributed by atoms with E-state index in [-0.39, 0.29) is 11.3 Å². The molecule has 0 radical (unpaired) electrons. The molecule has 0 fully saturated rings. The normalized spacial score (nSPS) is 12.9. The van der Waals surface area contributed by atoms with Crippen LogP contribution in [0.4, 0.5) is 14.5 Å². The summed E-state index contributed by atoms with van der Waals surface area (Å²) in [7, 11) is 0. The van der Waals surface area contributed by atoms with Crippen molar-refractivity contribution in [3.8, 4) is 0 Å². The number of nitrogens with two attached hydrogens (primary N) is 2. The Morgan fingerprint density at radius 2 is 1.79 bits per heavy atom. The molecule has 0 saturated carbocycles. The fourth-order valence-electron chi connectivity index (χ4n) is 1.41. The van der Waals surface area contributed by atoms with E-state index in [4.69, 9.17) is 11.5 Å². The first-order chi connectivity index (χ1) is 6.56. The van der Waals surface area contributed by atoms with Crippen molar-refractivity contribution < 1.29 is 8.78 Å². The maximum absolute atomic E-state index is 13.3. The van der Waals surface area contributed by atoms with Crippen LogP contribution < -0.4 is 11.5 Å². The second kappa shape index (κ2) is 4.37. The lowest BCUT2D eigenvalue weighted by Crippen LogP contribution is -2.14. The van der Waals surface area contributed by atoms with Crippen molar-refractivity contribution >= 4 is 5.69 Å². The Balaban J connectivity index is 3.07. The fourth-order valence-corrected chi connectivity index (χ4v) is 1.41. The monoisotopic (exact) mass is 200 g/mol. The number of rotatable bonds is 3. The smallest absolute Gasteiger partial charge is 0.132 e. The summed E-state index contributed by atoms with van der Waals surface area (Å²) in [5.74, 6) is -1.33. The van der Waals surface area contributed by atoms with E-state index in [1.54, 1.807) is 0 Å². The van der Waals surface area contributed by atoms with Crippen molar-refractivity contribution in [2.24, 2.45) is 5.73 Å². The average Bonchev–Trinajstić information content (AvgIpc) is 2.01. The average molecular weight is 200 g/mol. The molecule has 0 spiro atoms. The summed E-state index contributed by atoms with van der Waals surface area (Å²) in [6.07, 6.45) is 1.34. The number of benzene rings is 1. The van der Waals surface area contributed by atoms with Crippen molar-refractivity contribution in [3.63, 3.8) is 0 Å². The lowest BCUT2D eigenvalue weighted by atomic mass is 10.0. The Labute approximate surface area is 81.9 Å². The summed E-state index contributed by atoms with van der Waals surface area (Å²) in [6, 6.07) is 1.59. The highest BCUT2D eigenvalue weighted by Gasteiger charge is 2.16. The third-order valence-electron chi connectivity index (χ3n) is 2.07. The molecule has 14 heavy (non-hydrogen) atoms. The van der Waals surface area contributed by atoms with Crippen molar-refractivity contribution in [1.82, 2.24) is 0 Å². The molecule has 78 valence electrons. The molecule has 1 aromatic carbocycles. The topological polar surface area (TPSA) is 52.0 Å². The zero-order chi connectivity index (χ0) is 10.7. The van der Waals surface area contributed by atoms with Gasteiger partial charge in [0.25, 0.3) is 0 Å². The number of nitrogen functional groups attached to an aromatic ring is 1. The largest absolute Gasteiger partial charge is 0.399 e. The van der Waals surface area contributed by atoms with E-state index in [0.29, 0.717) is 6.42 Å². The van der Waals surface area contributed by atoms with Crippen molar-refractivity contribution in [3.05, 3.63) is 29.3 Å². The molecule has 4 heteroatoms. The standard InChI is InChI=1S/C10H14F2N2/c1-2-3-9(14)10-7(11)4-6(13)5-8(10)12/h4-5,9H,2-3,13-14H2,1H3. The first kappa shape index (κ1) is 10.9. The maximum atomic E-state index is 13.3. The van der Waals surface area contributed by atoms with Crippen molar-refractivity contribution in [2.45, 2.75) is 25.8 Å². The van der Waals surface area contributed by atoms with Gasteiger partial charge in [-0.2, -0.15) is 0 Å². The molecule has 0 saturated heterocycles. The van der Waals surface area contributed by atoms with Gasteiger partial charge in [-0.15, -0.1) is 0 Å². The molecule has 4 N–H and O–H groups in total. The minimum atomic E-state index is -0.663. The Kier molecular flexibility index (Phi) is 3.41. The molecule has 0 aliphatic carbocycles. The third kappa shape index (κ3) is 2.20. The van der Waals surface area contributed by atoms with Gasteiger partial charge in [-0.1, -0.05) is 13.3 Å². The van der Waals surface area contributed by atoms with Gasteiger partial charge in [-0.25, -0.2) is 8.78 Å². The highest BCUT2D eigenvalue weighted by molar-refractivity contribution is 5.42. The molecule has 2 nitrogen and oxygen atoms in total. The summed E-state index contributed by atoms with van der Waals surface area (Å²) in [5.41, 5.74) is 10.9. The van der Waals surface area contributed by atoms with E-state index < -0.39 is 17.7 Å². The van der Waals surface area contributed by atoms with Crippen LogP contribution >= 0.6 is 0 Å². The first-order valence-electron chi connectivity index (χ1n) is 4.56. The lowest BCUT2D eigenvalue weighted by Gasteiger charge is -2.13. The summed E-state index contributed by atoms with van der Waals surface area (Å²) >= 11 is 0. The highest BCUT2D eigenvalue weighted by atomic mass is 19.1. The Hall–Kier alpha value is -1.16. The van der Waals surface area contributed by atoms with E-state index in [1.165, 1.54) is 0 Å². The van der Waals surface area contributed by atoms with Crippen LogP contribution in [0.25, 0.3) is 0 Å². The summed E-state index contributed by atoms with van der Waals surface area (Å²) < 4.78 is 26.6. The van der Waals surface area contributed by atoms with E-state index in [0.717, 1.165) is 18.6 Å². The molecular weight excluding hydrogens is 186 g/mol. The van der Waals surface area contributed by atoms with Crippen LogP contribution in [0, 0.1) is 11.6 Å². The molecule has 0 amide bonds. The molecule has 0 bridgehead atoms. The van der Waals surface area contributed by atoms with E-state index >= 15 is 0 Å². The van der Waals surface area contributed by atoms with Crippen LogP contribution in [-0.2, 0) is 0 Å². The summed E-state index contributed by atoms with van der Waals surface area (Å²) in [6.45, 7) is 1.91. The Bertz CT molecular complexity index is 303. The van der Waals surface area contributed by atoms with E-state index in [9.17, 15) is 8.78 Å². The predicted molar refractivity (Wildman–Crippen MR) is 52.6 cm³/mol. The van der Waals surface area contributed by atoms with E-state index in [2.05, 4.69) is 0 Å². The minimum absolute atomic E-state index is 0.0685. The number of hydrogen-bond donors (Lipinski definition) is 2. The van der Waals surface area contributed by atoms with Crippen LogP contribution in [0.3, 0.4) is 0 Å². The zero-order valence-corrected chi connectivity index (χ0v) is 8.06. The van der Waals surface area contributed by atoms with E-state index in [1.807, 2.05) is 6.92 Å². The lowest BCUT2D eigenvalue weighted by molar-refractivity contribution is 0.510. The highest BCUT2D eigenvalue weighted by Crippen LogP contribution is 2.24. The van der Waals surface area contributed by atoms with Crippen LogP contribution in [0.5, 0.6) is 0 Å². The maximum Gasteiger partial charge on any atom is 0.132 e. The van der Waals surface area contributed by atoms with Gasteiger partial charge in [-0.3, -0.25) is 0 Å². The molecule has 0 aliphatic rings. The predicted octanol–water partition coefficient (Wildman–Crippen LogP) is 2.35. The third-order valence-corrected chi connectivity index (χ3v) is 2.07. The van der Waals surface area contributed by atoms with Gasteiger partial charge in [0.2, 0.25) is 0 Å². The van der Waals surface area contributed by atoms with Gasteiger partial charge in [0, 0.05) is 17.3 Å². The quantitative estimate of drug-likeness (QED) is 0.736. The van der Waals surface area contributed by atoms with Gasteiger partial charge in [0.15, 0.2) is 0 Å². The Morgan fingerprint density at radius 3 is 2.21 bits per heavy atom. The minimum Gasteiger partial charge on any atom is -0.399 e. The second-order valence-electron chi connectivity index (χ2n) is 3.29. The molecule has 1 aromatic rings. The zero-order valence-electron chi connectivity index (χ0n) is 8.06. The molecule has 0 aliphatic heterocycles. The molecular formula is C10H14F2N2. The van der Waals surface area contributed by atoms with Crippen LogP contribution in [0.1, 0.15) is 31.4 Å². The van der Waals surface area contributed by atoms with Gasteiger partial charge in [0.1, 0.15) is 11.6 Å². The first-order valence-corrected chi connectivity index (χ1v) is 4.56. The molecule has 0 aromatic heterocycles. The molecule has 1 rings (SSSR count). The number of hydrogen-bond acceptors (Lipinski definition) is 2. The van der Waals surface area contributed by atoms with Crippen molar-refractivity contribution in [2.75, 3.05) is 5.73 Å². The van der Waals surface area contributed by atoms with Crippen LogP contribution in [0.15, 0.2) is 12.1 Å². The van der Waals surface area contributed by atoms with Gasteiger partial charge < -0.3 is 11.5 Å². The molecule has 1 unspecified atom stereocenters. The van der Waals surface area contributed by atoms with Crippen LogP contribution in [0.2, 0.25) is 0 Å². The summed E-state index contributed by atoms with van der Waals surface area (Å²) in [5, 5.41) is 0. The fraction of sp³-hybridized carbons (Fsp3) is 0.400. The van der Waals surface area contributed by atoms with Crippen LogP contribution in [-0.4, -0.2) is 0 Å².